The average molecular weight is 432 g/mol. The standard InChI is InChI=1S/C15H28O12S/c1-15(2)25-10-6-24-28(16,17)27-11(10)12(21-7-18-3)13(26-15)14(22-8-19-4)23-9-20-5/h10-14H,6-9H2,1-5H3/t10-,11-,12+,13+/m1/s1. The molecule has 0 aromatic carbocycles. The van der Waals surface area contributed by atoms with Crippen LogP contribution in [-0.2, 0) is 56.7 Å². The Bertz CT molecular complexity index is 559. The summed E-state index contributed by atoms with van der Waals surface area (Å²) in [4.78, 5) is 0. The maximum Gasteiger partial charge on any atom is 0.400 e. The Kier molecular flexibility index (Phi) is 8.97. The van der Waals surface area contributed by atoms with Gasteiger partial charge in [0.2, 0.25) is 0 Å². The molecule has 28 heavy (non-hydrogen) atoms. The van der Waals surface area contributed by atoms with Crippen LogP contribution in [0, 0.1) is 0 Å². The molecule has 2 fully saturated rings. The van der Waals surface area contributed by atoms with Crippen molar-refractivity contribution in [1.29, 1.82) is 0 Å². The molecule has 0 saturated carbocycles. The van der Waals surface area contributed by atoms with Gasteiger partial charge in [-0.15, -0.1) is 0 Å². The highest BCUT2D eigenvalue weighted by atomic mass is 32.3. The summed E-state index contributed by atoms with van der Waals surface area (Å²) < 4.78 is 77.2. The van der Waals surface area contributed by atoms with Crippen molar-refractivity contribution in [2.24, 2.45) is 0 Å². The van der Waals surface area contributed by atoms with Crippen LogP contribution in [0.15, 0.2) is 0 Å². The fraction of sp³-hybridized carbons (Fsp3) is 1.00. The topological polar surface area (TPSA) is 126 Å². The number of hydrogen-bond acceptors (Lipinski definition) is 12. The fourth-order valence-corrected chi connectivity index (χ4v) is 3.73. The van der Waals surface area contributed by atoms with Crippen LogP contribution in [-0.4, -0.2) is 93.2 Å². The van der Waals surface area contributed by atoms with Gasteiger partial charge in [-0.05, 0) is 13.8 Å². The summed E-state index contributed by atoms with van der Waals surface area (Å²) in [5, 5.41) is 0. The molecule has 13 heteroatoms. The van der Waals surface area contributed by atoms with Gasteiger partial charge in [0.05, 0.1) is 6.61 Å². The van der Waals surface area contributed by atoms with Gasteiger partial charge < -0.3 is 37.9 Å². The van der Waals surface area contributed by atoms with Crippen molar-refractivity contribution < 1.29 is 54.7 Å². The van der Waals surface area contributed by atoms with Crippen LogP contribution in [0.5, 0.6) is 0 Å². The van der Waals surface area contributed by atoms with E-state index in [0.29, 0.717) is 0 Å². The average Bonchev–Trinajstić information content (AvgIpc) is 2.73. The van der Waals surface area contributed by atoms with Crippen LogP contribution >= 0.6 is 0 Å². The van der Waals surface area contributed by atoms with Gasteiger partial charge in [0.15, 0.2) is 12.1 Å². The van der Waals surface area contributed by atoms with E-state index < -0.39 is 46.9 Å². The lowest BCUT2D eigenvalue weighted by atomic mass is 10.0. The molecular weight excluding hydrogens is 404 g/mol. The molecule has 0 unspecified atom stereocenters. The second-order valence-electron chi connectivity index (χ2n) is 6.44. The van der Waals surface area contributed by atoms with Crippen molar-refractivity contribution >= 4 is 10.4 Å². The smallest absolute Gasteiger partial charge is 0.359 e. The van der Waals surface area contributed by atoms with E-state index in [1.807, 2.05) is 0 Å². The van der Waals surface area contributed by atoms with E-state index in [1.165, 1.54) is 21.3 Å². The van der Waals surface area contributed by atoms with Crippen LogP contribution < -0.4 is 0 Å². The van der Waals surface area contributed by atoms with Crippen molar-refractivity contribution in [3.05, 3.63) is 0 Å². The Morgan fingerprint density at radius 1 is 1.00 bits per heavy atom. The molecule has 0 bridgehead atoms. The summed E-state index contributed by atoms with van der Waals surface area (Å²) in [6.07, 6.45) is -4.95. The quantitative estimate of drug-likeness (QED) is 0.421. The normalized spacial score (nSPS) is 32.1. The number of fused-ring (bicyclic) bond motifs is 1. The molecule has 0 aromatic heterocycles. The van der Waals surface area contributed by atoms with Crippen LogP contribution in [0.25, 0.3) is 0 Å². The minimum absolute atomic E-state index is 0.122. The van der Waals surface area contributed by atoms with Gasteiger partial charge in [0, 0.05) is 21.3 Å². The Balaban J connectivity index is 2.38. The van der Waals surface area contributed by atoms with Gasteiger partial charge in [-0.1, -0.05) is 0 Å². The SMILES string of the molecule is COCOC(OCOC)[C@H]1OC(C)(C)O[C@@H]2COS(=O)(=O)O[C@H]2[C@@H]1OCOC. The first-order chi connectivity index (χ1) is 13.2. The Labute approximate surface area is 164 Å². The molecule has 0 aliphatic carbocycles. The molecule has 2 aliphatic heterocycles. The lowest BCUT2D eigenvalue weighted by Crippen LogP contribution is -2.55. The molecule has 2 heterocycles. The molecular formula is C15H28O12S. The molecule has 12 nitrogen and oxygen atoms in total. The molecule has 0 aromatic rings. The molecule has 166 valence electrons. The van der Waals surface area contributed by atoms with Crippen LogP contribution in [0.3, 0.4) is 0 Å². The molecule has 0 spiro atoms. The van der Waals surface area contributed by atoms with Crippen molar-refractivity contribution in [3.63, 3.8) is 0 Å². The first kappa shape index (κ1) is 23.8. The van der Waals surface area contributed by atoms with E-state index in [9.17, 15) is 8.42 Å². The number of hydrogen-bond donors (Lipinski definition) is 0. The summed E-state index contributed by atoms with van der Waals surface area (Å²) in [6, 6.07) is 0. The summed E-state index contributed by atoms with van der Waals surface area (Å²) in [5.74, 6) is -1.17. The van der Waals surface area contributed by atoms with Gasteiger partial charge in [-0.2, -0.15) is 8.42 Å². The lowest BCUT2D eigenvalue weighted by Gasteiger charge is -2.36. The molecule has 2 aliphatic rings. The highest BCUT2D eigenvalue weighted by Gasteiger charge is 2.53. The lowest BCUT2D eigenvalue weighted by molar-refractivity contribution is -0.322. The second-order valence-corrected chi connectivity index (χ2v) is 7.69. The van der Waals surface area contributed by atoms with E-state index >= 15 is 0 Å². The third-order valence-corrected chi connectivity index (χ3v) is 4.70. The zero-order valence-electron chi connectivity index (χ0n) is 16.5. The van der Waals surface area contributed by atoms with Gasteiger partial charge in [0.1, 0.15) is 44.8 Å². The fourth-order valence-electron chi connectivity index (χ4n) is 2.87. The summed E-state index contributed by atoms with van der Waals surface area (Å²) >= 11 is 0. The first-order valence-corrected chi connectivity index (χ1v) is 9.81. The Morgan fingerprint density at radius 3 is 2.18 bits per heavy atom. The second kappa shape index (κ2) is 10.5. The van der Waals surface area contributed by atoms with E-state index in [-0.39, 0.29) is 27.0 Å². The van der Waals surface area contributed by atoms with Crippen LogP contribution in [0.2, 0.25) is 0 Å². The van der Waals surface area contributed by atoms with Gasteiger partial charge >= 0.3 is 10.4 Å². The van der Waals surface area contributed by atoms with Crippen LogP contribution in [0.4, 0.5) is 0 Å². The molecule has 0 N–H and O–H groups in total. The third-order valence-electron chi connectivity index (χ3n) is 3.82. The van der Waals surface area contributed by atoms with E-state index in [0.717, 1.165) is 0 Å². The minimum Gasteiger partial charge on any atom is -0.359 e. The number of rotatable bonds is 10. The first-order valence-electron chi connectivity index (χ1n) is 8.48. The highest BCUT2D eigenvalue weighted by molar-refractivity contribution is 7.81. The monoisotopic (exact) mass is 432 g/mol. The van der Waals surface area contributed by atoms with Gasteiger partial charge in [-0.25, -0.2) is 8.37 Å². The number of ether oxygens (including phenoxy) is 8. The third kappa shape index (κ3) is 6.53. The largest absolute Gasteiger partial charge is 0.400 e. The molecule has 2 rings (SSSR count). The predicted molar refractivity (Wildman–Crippen MR) is 90.0 cm³/mol. The van der Waals surface area contributed by atoms with Crippen LogP contribution in [0.1, 0.15) is 13.8 Å². The summed E-state index contributed by atoms with van der Waals surface area (Å²) in [5.41, 5.74) is 0. The zero-order chi connectivity index (χ0) is 20.8. The van der Waals surface area contributed by atoms with Crippen molar-refractivity contribution in [1.82, 2.24) is 0 Å². The minimum atomic E-state index is -4.23. The Hall–Kier alpha value is -0.450. The highest BCUT2D eigenvalue weighted by Crippen LogP contribution is 2.35. The van der Waals surface area contributed by atoms with Crippen molar-refractivity contribution in [2.45, 2.75) is 50.3 Å². The molecule has 0 amide bonds. The summed E-state index contributed by atoms with van der Waals surface area (Å²) in [6.45, 7) is 2.64. The molecule has 0 radical (unpaired) electrons. The van der Waals surface area contributed by atoms with Crippen molar-refractivity contribution in [3.8, 4) is 0 Å². The van der Waals surface area contributed by atoms with E-state index in [4.69, 9.17) is 46.3 Å². The molecule has 2 saturated heterocycles. The predicted octanol–water partition coefficient (Wildman–Crippen LogP) is -0.277. The van der Waals surface area contributed by atoms with E-state index in [1.54, 1.807) is 13.8 Å². The maximum absolute atomic E-state index is 11.9. The Morgan fingerprint density at radius 2 is 1.61 bits per heavy atom. The molecule has 4 atom stereocenters. The van der Waals surface area contributed by atoms with Gasteiger partial charge in [-0.3, -0.25) is 0 Å². The maximum atomic E-state index is 11.9. The summed E-state index contributed by atoms with van der Waals surface area (Å²) in [7, 11) is 0.0719. The van der Waals surface area contributed by atoms with Crippen molar-refractivity contribution in [2.75, 3.05) is 48.3 Å². The zero-order valence-corrected chi connectivity index (χ0v) is 17.3. The van der Waals surface area contributed by atoms with Gasteiger partial charge in [0.25, 0.3) is 0 Å². The number of methoxy groups -OCH3 is 3. The van der Waals surface area contributed by atoms with E-state index in [2.05, 4.69) is 0 Å².